The zero-order valence-electron chi connectivity index (χ0n) is 7.77. The second-order valence-electron chi connectivity index (χ2n) is 3.18. The number of rotatable bonds is 2. The maximum Gasteiger partial charge on any atom is 0.267 e. The number of amides is 1. The van der Waals surface area contributed by atoms with E-state index in [9.17, 15) is 4.79 Å². The number of nitrogens with zero attached hydrogens (tertiary/aromatic N) is 1. The topological polar surface area (TPSA) is 49.8 Å². The first-order valence-corrected chi connectivity index (χ1v) is 5.19. The summed E-state index contributed by atoms with van der Waals surface area (Å²) in [5.41, 5.74) is 0. The van der Waals surface area contributed by atoms with Crippen LogP contribution in [-0.4, -0.2) is 42.2 Å². The van der Waals surface area contributed by atoms with Crippen LogP contribution in [0.2, 0.25) is 0 Å². The summed E-state index contributed by atoms with van der Waals surface area (Å²) in [7, 11) is 1.55. The summed E-state index contributed by atoms with van der Waals surface area (Å²) in [5, 5.41) is 10.9. The normalized spacial score (nSPS) is 16.6. The van der Waals surface area contributed by atoms with Crippen molar-refractivity contribution in [2.45, 2.75) is 6.10 Å². The number of aliphatic hydroxyl groups excluding tert-OH is 1. The Morgan fingerprint density at radius 3 is 3.00 bits per heavy atom. The number of β-amino-alcohol motifs (C(OH)–C–C–N with tert-alkyl or cyclic N) is 1. The monoisotopic (exact) mass is 213 g/mol. The zero-order chi connectivity index (χ0) is 10.1. The Labute approximate surface area is 85.7 Å². The second-order valence-corrected chi connectivity index (χ2v) is 4.10. The Hall–Kier alpha value is -1.07. The molecule has 0 saturated carbocycles. The first kappa shape index (κ1) is 9.48. The lowest BCUT2D eigenvalue weighted by Crippen LogP contribution is -2.53. The maximum absolute atomic E-state index is 11.8. The number of hydrogen-bond acceptors (Lipinski definition) is 4. The molecule has 2 rings (SSSR count). The highest BCUT2D eigenvalue weighted by atomic mass is 32.1. The van der Waals surface area contributed by atoms with Crippen molar-refractivity contribution in [2.75, 3.05) is 20.2 Å². The molecule has 76 valence electrons. The number of methoxy groups -OCH3 is 1. The van der Waals surface area contributed by atoms with Crippen molar-refractivity contribution in [1.29, 1.82) is 0 Å². The first-order chi connectivity index (χ1) is 6.72. The average molecular weight is 213 g/mol. The zero-order valence-corrected chi connectivity index (χ0v) is 8.58. The fourth-order valence-electron chi connectivity index (χ4n) is 1.38. The van der Waals surface area contributed by atoms with E-state index in [4.69, 9.17) is 9.84 Å². The van der Waals surface area contributed by atoms with Gasteiger partial charge in [-0.25, -0.2) is 0 Å². The molecule has 1 aliphatic heterocycles. The van der Waals surface area contributed by atoms with Crippen molar-refractivity contribution in [3.05, 3.63) is 16.3 Å². The third-order valence-corrected chi connectivity index (χ3v) is 3.08. The third-order valence-electron chi connectivity index (χ3n) is 2.19. The molecule has 2 heterocycles. The number of hydrogen-bond donors (Lipinski definition) is 1. The van der Waals surface area contributed by atoms with Gasteiger partial charge < -0.3 is 14.7 Å². The predicted octanol–water partition coefficient (Wildman–Crippen LogP) is 0.573. The van der Waals surface area contributed by atoms with Crippen LogP contribution < -0.4 is 4.74 Å². The molecule has 0 bridgehead atoms. The standard InChI is InChI=1S/C9H11NO3S/c1-13-7-2-3-14-8(7)9(12)10-4-6(11)5-10/h2-3,6,11H,4-5H2,1H3. The molecule has 5 heteroatoms. The Kier molecular flexibility index (Phi) is 2.43. The molecule has 1 N–H and O–H groups in total. The summed E-state index contributed by atoms with van der Waals surface area (Å²) >= 11 is 1.36. The van der Waals surface area contributed by atoms with Crippen LogP contribution in [0.1, 0.15) is 9.67 Å². The van der Waals surface area contributed by atoms with Gasteiger partial charge in [0.25, 0.3) is 5.91 Å². The van der Waals surface area contributed by atoms with E-state index in [0.29, 0.717) is 23.7 Å². The number of ether oxygens (including phenoxy) is 1. The molecule has 1 fully saturated rings. The SMILES string of the molecule is COc1ccsc1C(=O)N1CC(O)C1. The van der Waals surface area contributed by atoms with Crippen molar-refractivity contribution in [3.8, 4) is 5.75 Å². The van der Waals surface area contributed by atoms with Gasteiger partial charge in [0.1, 0.15) is 10.6 Å². The molecule has 0 spiro atoms. The van der Waals surface area contributed by atoms with E-state index in [0.717, 1.165) is 0 Å². The van der Waals surface area contributed by atoms with E-state index < -0.39 is 0 Å². The minimum absolute atomic E-state index is 0.0536. The molecular formula is C9H11NO3S. The summed E-state index contributed by atoms with van der Waals surface area (Å²) in [6.07, 6.45) is -0.357. The van der Waals surface area contributed by atoms with E-state index in [-0.39, 0.29) is 12.0 Å². The molecule has 1 aliphatic rings. The van der Waals surface area contributed by atoms with E-state index in [1.54, 1.807) is 18.1 Å². The van der Waals surface area contributed by atoms with Crippen LogP contribution >= 0.6 is 11.3 Å². The Morgan fingerprint density at radius 1 is 1.71 bits per heavy atom. The van der Waals surface area contributed by atoms with Crippen LogP contribution in [0.3, 0.4) is 0 Å². The lowest BCUT2D eigenvalue weighted by molar-refractivity contribution is 0.00605. The highest BCUT2D eigenvalue weighted by Crippen LogP contribution is 2.27. The predicted molar refractivity (Wildman–Crippen MR) is 52.8 cm³/mol. The van der Waals surface area contributed by atoms with Crippen LogP contribution in [0, 0.1) is 0 Å². The number of thiophene rings is 1. The summed E-state index contributed by atoms with van der Waals surface area (Å²) in [6, 6.07) is 1.77. The Balaban J connectivity index is 2.11. The molecule has 0 radical (unpaired) electrons. The van der Waals surface area contributed by atoms with E-state index >= 15 is 0 Å². The van der Waals surface area contributed by atoms with E-state index in [2.05, 4.69) is 0 Å². The molecule has 1 aromatic heterocycles. The number of carbonyl (C=O) groups excluding carboxylic acids is 1. The summed E-state index contributed by atoms with van der Waals surface area (Å²) < 4.78 is 5.05. The Bertz CT molecular complexity index is 344. The van der Waals surface area contributed by atoms with Crippen LogP contribution in [0.15, 0.2) is 11.4 Å². The van der Waals surface area contributed by atoms with Crippen LogP contribution in [0.25, 0.3) is 0 Å². The van der Waals surface area contributed by atoms with E-state index in [1.807, 2.05) is 5.38 Å². The van der Waals surface area contributed by atoms with Crippen molar-refractivity contribution >= 4 is 17.2 Å². The third kappa shape index (κ3) is 1.49. The van der Waals surface area contributed by atoms with Crippen LogP contribution in [0.4, 0.5) is 0 Å². The smallest absolute Gasteiger partial charge is 0.267 e. The van der Waals surface area contributed by atoms with Crippen molar-refractivity contribution < 1.29 is 14.6 Å². The minimum Gasteiger partial charge on any atom is -0.495 e. The summed E-state index contributed by atoms with van der Waals surface area (Å²) in [6.45, 7) is 0.861. The first-order valence-electron chi connectivity index (χ1n) is 4.31. The van der Waals surface area contributed by atoms with Crippen molar-refractivity contribution in [2.24, 2.45) is 0 Å². The van der Waals surface area contributed by atoms with Gasteiger partial charge in [-0.1, -0.05) is 0 Å². The lowest BCUT2D eigenvalue weighted by atomic mass is 10.1. The van der Waals surface area contributed by atoms with Gasteiger partial charge >= 0.3 is 0 Å². The molecule has 1 amide bonds. The van der Waals surface area contributed by atoms with Gasteiger partial charge in [-0.2, -0.15) is 0 Å². The van der Waals surface area contributed by atoms with Crippen molar-refractivity contribution in [1.82, 2.24) is 4.90 Å². The minimum atomic E-state index is -0.357. The average Bonchev–Trinajstić information content (AvgIpc) is 2.59. The summed E-state index contributed by atoms with van der Waals surface area (Å²) in [5.74, 6) is 0.559. The quantitative estimate of drug-likeness (QED) is 0.781. The van der Waals surface area contributed by atoms with Crippen molar-refractivity contribution in [3.63, 3.8) is 0 Å². The maximum atomic E-state index is 11.8. The number of carbonyl (C=O) groups is 1. The van der Waals surface area contributed by atoms with Gasteiger partial charge in [-0.3, -0.25) is 4.79 Å². The molecule has 14 heavy (non-hydrogen) atoms. The molecule has 0 aromatic carbocycles. The van der Waals surface area contributed by atoms with Gasteiger partial charge in [-0.15, -0.1) is 11.3 Å². The lowest BCUT2D eigenvalue weighted by Gasteiger charge is -2.35. The molecule has 0 aliphatic carbocycles. The van der Waals surface area contributed by atoms with Gasteiger partial charge in [0, 0.05) is 13.1 Å². The number of likely N-dealkylation sites (tertiary alicyclic amines) is 1. The molecule has 1 saturated heterocycles. The van der Waals surface area contributed by atoms with Gasteiger partial charge in [0.15, 0.2) is 0 Å². The fourth-order valence-corrected chi connectivity index (χ4v) is 2.20. The highest BCUT2D eigenvalue weighted by Gasteiger charge is 2.31. The van der Waals surface area contributed by atoms with Gasteiger partial charge in [0.05, 0.1) is 13.2 Å². The second kappa shape index (κ2) is 3.59. The molecule has 0 atom stereocenters. The molecule has 0 unspecified atom stereocenters. The highest BCUT2D eigenvalue weighted by molar-refractivity contribution is 7.12. The van der Waals surface area contributed by atoms with Gasteiger partial charge in [-0.05, 0) is 11.4 Å². The van der Waals surface area contributed by atoms with E-state index in [1.165, 1.54) is 11.3 Å². The Morgan fingerprint density at radius 2 is 2.43 bits per heavy atom. The summed E-state index contributed by atoms with van der Waals surface area (Å²) in [4.78, 5) is 14.0. The molecular weight excluding hydrogens is 202 g/mol. The molecule has 4 nitrogen and oxygen atoms in total. The van der Waals surface area contributed by atoms with Gasteiger partial charge in [0.2, 0.25) is 0 Å². The molecule has 1 aromatic rings. The fraction of sp³-hybridized carbons (Fsp3) is 0.444. The van der Waals surface area contributed by atoms with Crippen LogP contribution in [0.5, 0.6) is 5.75 Å². The largest absolute Gasteiger partial charge is 0.495 e. The number of aliphatic hydroxyl groups is 1. The van der Waals surface area contributed by atoms with Crippen LogP contribution in [-0.2, 0) is 0 Å².